The third-order valence-corrected chi connectivity index (χ3v) is 18.9. The van der Waals surface area contributed by atoms with Crippen LogP contribution in [0.25, 0.3) is 0 Å². The van der Waals surface area contributed by atoms with Gasteiger partial charge in [0.2, 0.25) is 0 Å². The Bertz CT molecular complexity index is 1770. The van der Waals surface area contributed by atoms with Gasteiger partial charge in [0.25, 0.3) is 0 Å². The Morgan fingerprint density at radius 3 is 0.739 bits per heavy atom. The largest absolute Gasteiger partial charge is 0.472 e. The van der Waals surface area contributed by atoms with Crippen molar-refractivity contribution >= 4 is 39.5 Å². The summed E-state index contributed by atoms with van der Waals surface area (Å²) < 4.78 is 68.4. The number of hydrogen-bond acceptors (Lipinski definition) is 15. The van der Waals surface area contributed by atoms with Crippen LogP contribution in [0.5, 0.6) is 0 Å². The molecule has 0 aromatic heterocycles. The minimum atomic E-state index is -4.95. The molecular formula is C73H142O17P2. The SMILES string of the molecule is CCCCCCCCCCCCCCCCC(=O)OC[C@H](COP(=O)(O)OC[C@@H](O)COP(=O)(O)OC[C@@H](COC(=O)CCCCCCCCCC)OC(=O)CCCCCCCCCCCCCCCC)OC(=O)CCCCCCCCCCCCCCCC(C)C. The average Bonchev–Trinajstić information content (AvgIpc) is 2.54. The molecule has 0 saturated carbocycles. The van der Waals surface area contributed by atoms with E-state index < -0.39 is 97.5 Å². The quantitative estimate of drug-likeness (QED) is 0.0222. The third-order valence-electron chi connectivity index (χ3n) is 17.0. The van der Waals surface area contributed by atoms with Crippen LogP contribution in [0.3, 0.4) is 0 Å². The van der Waals surface area contributed by atoms with E-state index in [2.05, 4.69) is 34.6 Å². The molecule has 0 bridgehead atoms. The van der Waals surface area contributed by atoms with Crippen molar-refractivity contribution in [3.8, 4) is 0 Å². The molecule has 17 nitrogen and oxygen atoms in total. The fourth-order valence-corrected chi connectivity index (χ4v) is 12.8. The van der Waals surface area contributed by atoms with Crippen molar-refractivity contribution in [2.75, 3.05) is 39.6 Å². The highest BCUT2D eigenvalue weighted by Crippen LogP contribution is 2.45. The average molecular weight is 1350 g/mol. The molecule has 92 heavy (non-hydrogen) atoms. The lowest BCUT2D eigenvalue weighted by molar-refractivity contribution is -0.161. The smallest absolute Gasteiger partial charge is 0.462 e. The van der Waals surface area contributed by atoms with Crippen molar-refractivity contribution in [1.29, 1.82) is 0 Å². The number of carbonyl (C=O) groups is 4. The van der Waals surface area contributed by atoms with E-state index in [4.69, 9.17) is 37.0 Å². The molecular weight excluding hydrogens is 1210 g/mol. The Morgan fingerprint density at radius 2 is 0.500 bits per heavy atom. The number of phosphoric ester groups is 2. The van der Waals surface area contributed by atoms with Crippen molar-refractivity contribution in [3.05, 3.63) is 0 Å². The Kier molecular flexibility index (Phi) is 64.9. The Morgan fingerprint density at radius 1 is 0.293 bits per heavy atom. The van der Waals surface area contributed by atoms with Gasteiger partial charge in [-0.15, -0.1) is 0 Å². The molecule has 0 aromatic carbocycles. The Balaban J connectivity index is 5.22. The van der Waals surface area contributed by atoms with Crippen LogP contribution >= 0.6 is 15.6 Å². The van der Waals surface area contributed by atoms with Gasteiger partial charge in [0.1, 0.15) is 19.3 Å². The first-order valence-electron chi connectivity index (χ1n) is 38.1. The van der Waals surface area contributed by atoms with Crippen LogP contribution in [0.15, 0.2) is 0 Å². The van der Waals surface area contributed by atoms with Crippen LogP contribution in [-0.4, -0.2) is 96.7 Å². The summed E-state index contributed by atoms with van der Waals surface area (Å²) in [7, 11) is -9.90. The van der Waals surface area contributed by atoms with Crippen LogP contribution in [0.2, 0.25) is 0 Å². The van der Waals surface area contributed by atoms with Gasteiger partial charge < -0.3 is 33.8 Å². The zero-order valence-electron chi connectivity index (χ0n) is 59.7. The van der Waals surface area contributed by atoms with Crippen LogP contribution < -0.4 is 0 Å². The van der Waals surface area contributed by atoms with E-state index in [1.807, 2.05) is 0 Å². The Hall–Kier alpha value is -1.94. The van der Waals surface area contributed by atoms with Gasteiger partial charge in [0.15, 0.2) is 12.2 Å². The van der Waals surface area contributed by atoms with Gasteiger partial charge in [-0.2, -0.15) is 0 Å². The summed E-state index contributed by atoms with van der Waals surface area (Å²) in [5.74, 6) is -1.33. The molecule has 0 rings (SSSR count). The van der Waals surface area contributed by atoms with Gasteiger partial charge >= 0.3 is 39.5 Å². The summed E-state index contributed by atoms with van der Waals surface area (Å²) in [6.07, 6.45) is 54.0. The first-order chi connectivity index (χ1) is 44.5. The molecule has 0 aliphatic rings. The van der Waals surface area contributed by atoms with Crippen molar-refractivity contribution < 1.29 is 80.2 Å². The molecule has 0 aromatic rings. The summed E-state index contributed by atoms with van der Waals surface area (Å²) >= 11 is 0. The number of aliphatic hydroxyl groups excluding tert-OH is 1. The molecule has 0 saturated heterocycles. The molecule has 19 heteroatoms. The second-order valence-electron chi connectivity index (χ2n) is 26.8. The maximum Gasteiger partial charge on any atom is 0.472 e. The van der Waals surface area contributed by atoms with Crippen molar-refractivity contribution in [2.45, 2.75) is 400 Å². The highest BCUT2D eigenvalue weighted by Gasteiger charge is 2.30. The van der Waals surface area contributed by atoms with Crippen LogP contribution in [0.1, 0.15) is 381 Å². The number of hydrogen-bond donors (Lipinski definition) is 3. The van der Waals surface area contributed by atoms with Crippen LogP contribution in [0.4, 0.5) is 0 Å². The highest BCUT2D eigenvalue weighted by atomic mass is 31.2. The molecule has 3 N–H and O–H groups in total. The number of esters is 4. The Labute approximate surface area is 562 Å². The molecule has 0 radical (unpaired) electrons. The monoisotopic (exact) mass is 1350 g/mol. The molecule has 5 atom stereocenters. The van der Waals surface area contributed by atoms with Gasteiger partial charge in [-0.05, 0) is 31.6 Å². The lowest BCUT2D eigenvalue weighted by Crippen LogP contribution is -2.30. The fourth-order valence-electron chi connectivity index (χ4n) is 11.2. The van der Waals surface area contributed by atoms with E-state index in [1.54, 1.807) is 0 Å². The predicted octanol–water partition coefficient (Wildman–Crippen LogP) is 21.3. The summed E-state index contributed by atoms with van der Waals surface area (Å²) in [6.45, 7) is 7.27. The molecule has 0 fully saturated rings. The van der Waals surface area contributed by atoms with E-state index in [-0.39, 0.29) is 25.7 Å². The normalized spacial score (nSPS) is 14.0. The summed E-state index contributed by atoms with van der Waals surface area (Å²) in [5.41, 5.74) is 0. The standard InChI is InChI=1S/C73H142O17P2/c1-6-9-12-15-18-21-23-25-29-33-37-42-47-52-57-71(76)84-63-69(90-73(78)59-54-49-44-39-35-31-27-28-32-36-40-45-50-55-66(4)5)65-88-92(81,82)86-61-67(74)60-85-91(79,80)87-64-68(62-83-70(75)56-51-46-41-20-17-14-11-8-3)89-72(77)58-53-48-43-38-34-30-26-24-22-19-16-13-10-7-2/h66-69,74H,6-65H2,1-5H3,(H,79,80)(H,81,82)/t67-,68+,69+/m0/s1. The zero-order chi connectivity index (χ0) is 67.7. The number of carbonyl (C=O) groups excluding carboxylic acids is 4. The second kappa shape index (κ2) is 66.3. The zero-order valence-corrected chi connectivity index (χ0v) is 61.5. The van der Waals surface area contributed by atoms with Gasteiger partial charge in [-0.25, -0.2) is 9.13 Å². The summed E-state index contributed by atoms with van der Waals surface area (Å²) in [4.78, 5) is 72.6. The van der Waals surface area contributed by atoms with E-state index in [9.17, 15) is 43.2 Å². The highest BCUT2D eigenvalue weighted by molar-refractivity contribution is 7.47. The second-order valence-corrected chi connectivity index (χ2v) is 29.7. The molecule has 0 amide bonds. The first kappa shape index (κ1) is 90.1. The van der Waals surface area contributed by atoms with Gasteiger partial charge in [-0.3, -0.25) is 37.3 Å². The molecule has 546 valence electrons. The maximum atomic E-state index is 13.1. The predicted molar refractivity (Wildman–Crippen MR) is 372 cm³/mol. The fraction of sp³-hybridized carbons (Fsp3) is 0.945. The number of rotatable bonds is 73. The van der Waals surface area contributed by atoms with Crippen molar-refractivity contribution in [3.63, 3.8) is 0 Å². The minimum Gasteiger partial charge on any atom is -0.462 e. The van der Waals surface area contributed by atoms with E-state index in [1.165, 1.54) is 199 Å². The molecule has 2 unspecified atom stereocenters. The van der Waals surface area contributed by atoms with Gasteiger partial charge in [-0.1, -0.05) is 330 Å². The lowest BCUT2D eigenvalue weighted by Gasteiger charge is -2.21. The number of ether oxygens (including phenoxy) is 4. The van der Waals surface area contributed by atoms with E-state index in [0.29, 0.717) is 25.7 Å². The van der Waals surface area contributed by atoms with Crippen molar-refractivity contribution in [2.24, 2.45) is 5.92 Å². The third kappa shape index (κ3) is 66.7. The molecule has 0 heterocycles. The maximum absolute atomic E-state index is 13.1. The first-order valence-corrected chi connectivity index (χ1v) is 41.1. The number of unbranched alkanes of at least 4 members (excludes halogenated alkanes) is 45. The van der Waals surface area contributed by atoms with Crippen LogP contribution in [-0.2, 0) is 65.4 Å². The van der Waals surface area contributed by atoms with Gasteiger partial charge in [0, 0.05) is 25.7 Å². The van der Waals surface area contributed by atoms with E-state index in [0.717, 1.165) is 102 Å². The lowest BCUT2D eigenvalue weighted by atomic mass is 10.0. The summed E-state index contributed by atoms with van der Waals surface area (Å²) in [5, 5.41) is 10.6. The molecule has 0 spiro atoms. The van der Waals surface area contributed by atoms with E-state index >= 15 is 0 Å². The molecule has 0 aliphatic heterocycles. The van der Waals surface area contributed by atoms with Gasteiger partial charge in [0.05, 0.1) is 26.4 Å². The van der Waals surface area contributed by atoms with Crippen LogP contribution in [0, 0.1) is 5.92 Å². The topological polar surface area (TPSA) is 237 Å². The summed E-state index contributed by atoms with van der Waals surface area (Å²) in [6, 6.07) is 0. The number of phosphoric acid groups is 2. The number of aliphatic hydroxyl groups is 1. The molecule has 0 aliphatic carbocycles. The minimum absolute atomic E-state index is 0.108. The van der Waals surface area contributed by atoms with Crippen molar-refractivity contribution in [1.82, 2.24) is 0 Å².